The third-order valence-electron chi connectivity index (χ3n) is 13.3. The van der Waals surface area contributed by atoms with Crippen molar-refractivity contribution in [1.29, 1.82) is 0 Å². The molecule has 0 bridgehead atoms. The Bertz CT molecular complexity index is 2540. The average Bonchev–Trinajstić information content (AvgIpc) is 4.05. The summed E-state index contributed by atoms with van der Waals surface area (Å²) in [4.78, 5) is 69.8. The van der Waals surface area contributed by atoms with Crippen LogP contribution in [0.15, 0.2) is 79.0 Å². The van der Waals surface area contributed by atoms with E-state index in [9.17, 15) is 37.1 Å². The first-order valence-corrected chi connectivity index (χ1v) is 24.1. The molecule has 1 saturated carbocycles. The van der Waals surface area contributed by atoms with Gasteiger partial charge in [-0.15, -0.1) is 0 Å². The second-order valence-electron chi connectivity index (χ2n) is 18.2. The summed E-state index contributed by atoms with van der Waals surface area (Å²) >= 11 is 0. The first-order valence-electron chi connectivity index (χ1n) is 24.1. The van der Waals surface area contributed by atoms with E-state index in [1.165, 1.54) is 12.1 Å². The highest BCUT2D eigenvalue weighted by molar-refractivity contribution is 6.10. The molecule has 3 heterocycles. The fraction of sp³-hybridized carbons (Fsp3) is 0.490. The Morgan fingerprint density at radius 3 is 2.22 bits per heavy atom. The highest BCUT2D eigenvalue weighted by Crippen LogP contribution is 2.35. The highest BCUT2D eigenvalue weighted by atomic mass is 19.4. The number of carbonyl (C=O) groups is 5. The van der Waals surface area contributed by atoms with Crippen LogP contribution in [0.25, 0.3) is 27.6 Å². The Morgan fingerprint density at radius 1 is 0.794 bits per heavy atom. The maximum Gasteiger partial charge on any atom is 0.416 e. The van der Waals surface area contributed by atoms with Gasteiger partial charge in [0.25, 0.3) is 5.91 Å². The third kappa shape index (κ3) is 12.1. The number of nitrogens with zero attached hydrogens (tertiary/aromatic N) is 4. The van der Waals surface area contributed by atoms with E-state index >= 15 is 0 Å². The number of amides is 5. The van der Waals surface area contributed by atoms with E-state index in [0.717, 1.165) is 91.8 Å². The van der Waals surface area contributed by atoms with Gasteiger partial charge in [-0.05, 0) is 113 Å². The van der Waals surface area contributed by atoms with Gasteiger partial charge in [-0.2, -0.15) is 18.3 Å². The van der Waals surface area contributed by atoms with Crippen LogP contribution in [0.2, 0.25) is 0 Å². The van der Waals surface area contributed by atoms with E-state index in [-0.39, 0.29) is 35.5 Å². The van der Waals surface area contributed by atoms with Gasteiger partial charge in [0, 0.05) is 61.3 Å². The number of rotatable bonds is 20. The van der Waals surface area contributed by atoms with Gasteiger partial charge in [-0.25, -0.2) is 0 Å². The Kier molecular flexibility index (Phi) is 16.6. The average molecular weight is 940 g/mol. The summed E-state index contributed by atoms with van der Waals surface area (Å²) in [6.45, 7) is 5.48. The Hall–Kier alpha value is -6.23. The SMILES string of the molecule is CCNC(=O)[C@H](Cc1ccccc1)NC(=O)[C@@H]1CCCN1C(=O)[C@@H](NC(=O)[C@H](C)NCCCCCCNC(=O)c1ccc2c(c1)c1cn(C)nc1n2-c1ccc(C(F)(F)F)cc1)C1CCCCC1. The third-order valence-corrected chi connectivity index (χ3v) is 13.3. The number of hydrogen-bond donors (Lipinski definition) is 5. The lowest BCUT2D eigenvalue weighted by atomic mass is 9.83. The van der Waals surface area contributed by atoms with Gasteiger partial charge in [0.05, 0.1) is 17.1 Å². The van der Waals surface area contributed by atoms with Crippen LogP contribution < -0.4 is 26.6 Å². The molecule has 0 unspecified atom stereocenters. The molecule has 17 heteroatoms. The summed E-state index contributed by atoms with van der Waals surface area (Å²) < 4.78 is 43.2. The zero-order chi connectivity index (χ0) is 48.4. The summed E-state index contributed by atoms with van der Waals surface area (Å²) in [5.41, 5.74) is 2.45. The second kappa shape index (κ2) is 22.7. The van der Waals surface area contributed by atoms with Crippen molar-refractivity contribution in [2.75, 3.05) is 26.2 Å². The molecule has 2 aromatic heterocycles. The monoisotopic (exact) mass is 939 g/mol. The molecule has 2 fully saturated rings. The number of alkyl halides is 3. The summed E-state index contributed by atoms with van der Waals surface area (Å²) in [7, 11) is 1.77. The molecule has 1 aliphatic heterocycles. The van der Waals surface area contributed by atoms with E-state index in [2.05, 4.69) is 31.7 Å². The smallest absolute Gasteiger partial charge is 0.355 e. The highest BCUT2D eigenvalue weighted by Gasteiger charge is 2.42. The van der Waals surface area contributed by atoms with Crippen LogP contribution in [0, 0.1) is 5.92 Å². The van der Waals surface area contributed by atoms with Crippen molar-refractivity contribution in [3.05, 3.63) is 95.7 Å². The van der Waals surface area contributed by atoms with Crippen LogP contribution in [0.3, 0.4) is 0 Å². The number of carbonyl (C=O) groups excluding carboxylic acids is 5. The van der Waals surface area contributed by atoms with Crippen LogP contribution >= 0.6 is 0 Å². The predicted octanol–water partition coefficient (Wildman–Crippen LogP) is 6.72. The molecular weight excluding hydrogens is 876 g/mol. The number of benzene rings is 3. The molecular formula is C51H64F3N9O5. The van der Waals surface area contributed by atoms with Gasteiger partial charge in [-0.3, -0.25) is 33.2 Å². The van der Waals surface area contributed by atoms with E-state index in [1.54, 1.807) is 46.3 Å². The Balaban J connectivity index is 0.868. The quantitative estimate of drug-likeness (QED) is 0.0540. The number of hydrogen-bond acceptors (Lipinski definition) is 7. The minimum absolute atomic E-state index is 0.0404. The van der Waals surface area contributed by atoms with E-state index < -0.39 is 35.9 Å². The molecule has 5 amide bonds. The van der Waals surface area contributed by atoms with Gasteiger partial charge in [0.1, 0.15) is 18.1 Å². The fourth-order valence-corrected chi connectivity index (χ4v) is 9.65. The number of nitrogens with one attached hydrogen (secondary N) is 5. The Morgan fingerprint density at radius 2 is 1.51 bits per heavy atom. The fourth-order valence-electron chi connectivity index (χ4n) is 9.65. The maximum atomic E-state index is 14.4. The van der Waals surface area contributed by atoms with Gasteiger partial charge < -0.3 is 31.5 Å². The zero-order valence-corrected chi connectivity index (χ0v) is 39.2. The van der Waals surface area contributed by atoms with Crippen molar-refractivity contribution in [2.24, 2.45) is 13.0 Å². The van der Waals surface area contributed by atoms with Crippen molar-refractivity contribution in [2.45, 2.75) is 121 Å². The van der Waals surface area contributed by atoms with Crippen LogP contribution in [-0.2, 0) is 38.8 Å². The number of likely N-dealkylation sites (tertiary alicyclic amines) is 1. The molecule has 68 heavy (non-hydrogen) atoms. The molecule has 4 atom stereocenters. The largest absolute Gasteiger partial charge is 0.416 e. The molecule has 2 aliphatic rings. The first kappa shape index (κ1) is 49.7. The van der Waals surface area contributed by atoms with Crippen molar-refractivity contribution in [3.63, 3.8) is 0 Å². The molecule has 5 aromatic rings. The molecule has 0 spiro atoms. The first-order chi connectivity index (χ1) is 32.7. The second-order valence-corrected chi connectivity index (χ2v) is 18.2. The van der Waals surface area contributed by atoms with Gasteiger partial charge in [-0.1, -0.05) is 62.4 Å². The lowest BCUT2D eigenvalue weighted by molar-refractivity contribution is -0.143. The zero-order valence-electron chi connectivity index (χ0n) is 39.2. The number of likely N-dealkylation sites (N-methyl/N-ethyl adjacent to an activating group) is 1. The minimum Gasteiger partial charge on any atom is -0.355 e. The van der Waals surface area contributed by atoms with Crippen molar-refractivity contribution in [1.82, 2.24) is 45.8 Å². The molecule has 3 aromatic carbocycles. The van der Waals surface area contributed by atoms with Crippen LogP contribution in [-0.4, -0.2) is 99.1 Å². The number of aryl methyl sites for hydroxylation is 1. The standard InChI is InChI=1S/C51H64F3N9O5/c1-4-55-48(66)41(30-34-16-9-7-10-17-34)58-49(67)43-20-15-29-62(43)50(68)44(35-18-11-8-12-19-35)59-46(64)33(2)56-27-13-5-6-14-28-57-47(65)36-21-26-42-39(31-36)40-32-61(3)60-45(40)63(42)38-24-22-37(23-25-38)51(52,53)54/h7,9-10,16-17,21-26,31-33,35,41,43-44,56H,4-6,8,11-15,18-20,27-30H2,1-3H3,(H,55,66)(H,57,65)(H,58,67)(H,59,64)/t33-,41-,43-,44-/m0/s1. The number of halogens is 3. The van der Waals surface area contributed by atoms with Crippen molar-refractivity contribution < 1.29 is 37.1 Å². The minimum atomic E-state index is -4.45. The molecule has 5 N–H and O–H groups in total. The lowest BCUT2D eigenvalue weighted by Gasteiger charge is -2.35. The molecule has 1 saturated heterocycles. The molecule has 364 valence electrons. The molecule has 1 aliphatic carbocycles. The molecule has 14 nitrogen and oxygen atoms in total. The van der Waals surface area contributed by atoms with E-state index in [0.29, 0.717) is 62.3 Å². The van der Waals surface area contributed by atoms with E-state index in [4.69, 9.17) is 0 Å². The van der Waals surface area contributed by atoms with Crippen molar-refractivity contribution in [3.8, 4) is 5.69 Å². The van der Waals surface area contributed by atoms with E-state index in [1.807, 2.05) is 43.5 Å². The van der Waals surface area contributed by atoms with Gasteiger partial charge >= 0.3 is 6.18 Å². The van der Waals surface area contributed by atoms with Crippen LogP contribution in [0.5, 0.6) is 0 Å². The summed E-state index contributed by atoms with van der Waals surface area (Å²) in [5, 5.41) is 21.3. The number of aromatic nitrogens is 3. The summed E-state index contributed by atoms with van der Waals surface area (Å²) in [5.74, 6) is -1.44. The Labute approximate surface area is 395 Å². The summed E-state index contributed by atoms with van der Waals surface area (Å²) in [6.07, 6.45) is 6.73. The summed E-state index contributed by atoms with van der Waals surface area (Å²) in [6, 6.07) is 16.8. The predicted molar refractivity (Wildman–Crippen MR) is 255 cm³/mol. The number of unbranched alkanes of at least 4 members (excludes halogenated alkanes) is 3. The number of fused-ring (bicyclic) bond motifs is 3. The molecule has 7 rings (SSSR count). The van der Waals surface area contributed by atoms with Crippen LogP contribution in [0.1, 0.15) is 106 Å². The lowest BCUT2D eigenvalue weighted by Crippen LogP contribution is -2.59. The topological polar surface area (TPSA) is 171 Å². The maximum absolute atomic E-state index is 14.4. The van der Waals surface area contributed by atoms with Crippen LogP contribution in [0.4, 0.5) is 13.2 Å². The molecule has 0 radical (unpaired) electrons. The normalized spacial score (nSPS) is 16.9. The van der Waals surface area contributed by atoms with Gasteiger partial charge in [0.15, 0.2) is 5.65 Å². The van der Waals surface area contributed by atoms with Crippen molar-refractivity contribution >= 4 is 51.5 Å². The van der Waals surface area contributed by atoms with Gasteiger partial charge in [0.2, 0.25) is 23.6 Å².